The van der Waals surface area contributed by atoms with Crippen LogP contribution in [0, 0.1) is 6.92 Å². The molecule has 128 valence electrons. The van der Waals surface area contributed by atoms with Crippen molar-refractivity contribution in [2.24, 2.45) is 0 Å². The fraction of sp³-hybridized carbons (Fsp3) is 0.300. The summed E-state index contributed by atoms with van der Waals surface area (Å²) in [4.78, 5) is 21.8. The van der Waals surface area contributed by atoms with E-state index >= 15 is 0 Å². The maximum atomic E-state index is 13.2. The maximum absolute atomic E-state index is 13.2. The van der Waals surface area contributed by atoms with Gasteiger partial charge in [0, 0.05) is 12.6 Å². The quantitative estimate of drug-likeness (QED) is 0.647. The Kier molecular flexibility index (Phi) is 4.68. The van der Waals surface area contributed by atoms with Gasteiger partial charge in [-0.25, -0.2) is 4.98 Å². The van der Waals surface area contributed by atoms with Gasteiger partial charge in [0.25, 0.3) is 5.91 Å². The summed E-state index contributed by atoms with van der Waals surface area (Å²) in [7, 11) is 0. The second-order valence-electron chi connectivity index (χ2n) is 6.40. The van der Waals surface area contributed by atoms with Crippen LogP contribution in [0.3, 0.4) is 0 Å². The Hall–Kier alpha value is -1.98. The van der Waals surface area contributed by atoms with Crippen molar-refractivity contribution in [2.75, 3.05) is 6.54 Å². The lowest BCUT2D eigenvalue weighted by molar-refractivity contribution is 0.0740. The SMILES string of the molecule is Cc1nc(-c2cccs2)sc1C(=O)N1CCC[C@H]1Cc1ccccc1. The monoisotopic (exact) mass is 368 g/mol. The fourth-order valence-electron chi connectivity index (χ4n) is 3.43. The number of aryl methyl sites for hydroxylation is 1. The molecule has 1 aromatic carbocycles. The minimum Gasteiger partial charge on any atom is -0.335 e. The molecule has 0 radical (unpaired) electrons. The summed E-state index contributed by atoms with van der Waals surface area (Å²) in [6, 6.07) is 14.8. The van der Waals surface area contributed by atoms with Crippen molar-refractivity contribution < 1.29 is 4.79 Å². The molecular weight excluding hydrogens is 348 g/mol. The maximum Gasteiger partial charge on any atom is 0.266 e. The van der Waals surface area contributed by atoms with E-state index in [0.29, 0.717) is 6.04 Å². The van der Waals surface area contributed by atoms with Crippen molar-refractivity contribution in [2.45, 2.75) is 32.2 Å². The molecule has 0 unspecified atom stereocenters. The number of likely N-dealkylation sites (tertiary alicyclic amines) is 1. The van der Waals surface area contributed by atoms with E-state index in [4.69, 9.17) is 0 Å². The molecule has 1 aliphatic heterocycles. The van der Waals surface area contributed by atoms with Crippen LogP contribution in [-0.4, -0.2) is 28.4 Å². The van der Waals surface area contributed by atoms with Gasteiger partial charge in [0.15, 0.2) is 0 Å². The minimum absolute atomic E-state index is 0.149. The predicted molar refractivity (Wildman–Crippen MR) is 104 cm³/mol. The van der Waals surface area contributed by atoms with Gasteiger partial charge in [0.1, 0.15) is 9.88 Å². The normalized spacial score (nSPS) is 17.2. The number of carbonyl (C=O) groups excluding carboxylic acids is 1. The summed E-state index contributed by atoms with van der Waals surface area (Å²) in [5.41, 5.74) is 2.15. The Bertz CT molecular complexity index is 855. The molecule has 5 heteroatoms. The molecule has 1 atom stereocenters. The largest absolute Gasteiger partial charge is 0.335 e. The molecule has 1 aliphatic rings. The lowest BCUT2D eigenvalue weighted by Gasteiger charge is -2.24. The molecule has 25 heavy (non-hydrogen) atoms. The highest BCUT2D eigenvalue weighted by atomic mass is 32.1. The van der Waals surface area contributed by atoms with Gasteiger partial charge >= 0.3 is 0 Å². The van der Waals surface area contributed by atoms with Gasteiger partial charge in [-0.3, -0.25) is 4.79 Å². The number of thiophene rings is 1. The number of thiazole rings is 1. The lowest BCUT2D eigenvalue weighted by Crippen LogP contribution is -2.36. The van der Waals surface area contributed by atoms with Gasteiger partial charge in [-0.1, -0.05) is 36.4 Å². The Morgan fingerprint density at radius 2 is 2.08 bits per heavy atom. The molecule has 1 saturated heterocycles. The first kappa shape index (κ1) is 16.5. The lowest BCUT2D eigenvalue weighted by atomic mass is 10.0. The summed E-state index contributed by atoms with van der Waals surface area (Å²) in [6.45, 7) is 2.80. The smallest absolute Gasteiger partial charge is 0.266 e. The minimum atomic E-state index is 0.149. The number of rotatable bonds is 4. The van der Waals surface area contributed by atoms with E-state index in [0.717, 1.165) is 46.3 Å². The van der Waals surface area contributed by atoms with Crippen LogP contribution in [0.15, 0.2) is 47.8 Å². The van der Waals surface area contributed by atoms with Crippen LogP contribution in [0.4, 0.5) is 0 Å². The predicted octanol–water partition coefficient (Wildman–Crippen LogP) is 5.03. The molecule has 0 aliphatic carbocycles. The Morgan fingerprint density at radius 1 is 1.24 bits per heavy atom. The summed E-state index contributed by atoms with van der Waals surface area (Å²) < 4.78 is 0. The zero-order valence-corrected chi connectivity index (χ0v) is 15.8. The van der Waals surface area contributed by atoms with E-state index in [2.05, 4.69) is 40.2 Å². The Morgan fingerprint density at radius 3 is 2.84 bits per heavy atom. The van der Waals surface area contributed by atoms with Gasteiger partial charge in [0.05, 0.1) is 10.6 Å². The first-order chi connectivity index (χ1) is 12.2. The van der Waals surface area contributed by atoms with Crippen LogP contribution >= 0.6 is 22.7 Å². The second-order valence-corrected chi connectivity index (χ2v) is 8.34. The van der Waals surface area contributed by atoms with E-state index in [-0.39, 0.29) is 5.91 Å². The van der Waals surface area contributed by atoms with Crippen LogP contribution < -0.4 is 0 Å². The number of hydrogen-bond donors (Lipinski definition) is 0. The van der Waals surface area contributed by atoms with E-state index in [1.165, 1.54) is 16.9 Å². The van der Waals surface area contributed by atoms with Gasteiger partial charge in [-0.15, -0.1) is 22.7 Å². The van der Waals surface area contributed by atoms with Gasteiger partial charge < -0.3 is 4.90 Å². The zero-order valence-electron chi connectivity index (χ0n) is 14.1. The van der Waals surface area contributed by atoms with Crippen molar-refractivity contribution >= 4 is 28.6 Å². The molecule has 1 amide bonds. The molecule has 3 aromatic rings. The number of carbonyl (C=O) groups is 1. The third kappa shape index (κ3) is 3.39. The van der Waals surface area contributed by atoms with Crippen LogP contribution in [0.25, 0.3) is 9.88 Å². The third-order valence-electron chi connectivity index (χ3n) is 4.67. The van der Waals surface area contributed by atoms with Crippen LogP contribution in [0.5, 0.6) is 0 Å². The zero-order chi connectivity index (χ0) is 17.2. The topological polar surface area (TPSA) is 33.2 Å². The van der Waals surface area contributed by atoms with Crippen molar-refractivity contribution in [3.63, 3.8) is 0 Å². The van der Waals surface area contributed by atoms with E-state index < -0.39 is 0 Å². The summed E-state index contributed by atoms with van der Waals surface area (Å²) in [5, 5.41) is 3.00. The molecule has 2 aromatic heterocycles. The van der Waals surface area contributed by atoms with E-state index in [1.807, 2.05) is 24.4 Å². The molecule has 0 spiro atoms. The highest BCUT2D eigenvalue weighted by molar-refractivity contribution is 7.22. The van der Waals surface area contributed by atoms with E-state index in [1.54, 1.807) is 11.3 Å². The number of benzene rings is 1. The number of nitrogens with zero attached hydrogens (tertiary/aromatic N) is 2. The molecule has 3 heterocycles. The molecule has 0 bridgehead atoms. The highest BCUT2D eigenvalue weighted by Gasteiger charge is 2.31. The van der Waals surface area contributed by atoms with Gasteiger partial charge in [-0.2, -0.15) is 0 Å². The molecule has 3 nitrogen and oxygen atoms in total. The number of aromatic nitrogens is 1. The molecule has 0 N–H and O–H groups in total. The van der Waals surface area contributed by atoms with Crippen LogP contribution in [0.2, 0.25) is 0 Å². The molecule has 0 saturated carbocycles. The van der Waals surface area contributed by atoms with Crippen molar-refractivity contribution in [3.05, 3.63) is 64.0 Å². The summed E-state index contributed by atoms with van der Waals surface area (Å²) in [5.74, 6) is 0.149. The van der Waals surface area contributed by atoms with Gasteiger partial charge in [0.2, 0.25) is 0 Å². The summed E-state index contributed by atoms with van der Waals surface area (Å²) in [6.07, 6.45) is 3.09. The van der Waals surface area contributed by atoms with Crippen molar-refractivity contribution in [3.8, 4) is 9.88 Å². The van der Waals surface area contributed by atoms with Crippen molar-refractivity contribution in [1.29, 1.82) is 0 Å². The van der Waals surface area contributed by atoms with Crippen LogP contribution in [0.1, 0.15) is 33.8 Å². The summed E-state index contributed by atoms with van der Waals surface area (Å²) >= 11 is 3.20. The standard InChI is InChI=1S/C20H20N2OS2/c1-14-18(25-19(21-14)17-10-6-12-24-17)20(23)22-11-5-9-16(22)13-15-7-3-2-4-8-15/h2-4,6-8,10,12,16H,5,9,11,13H2,1H3/t16-/m0/s1. The Balaban J connectivity index is 1.55. The second kappa shape index (κ2) is 7.10. The third-order valence-corrected chi connectivity index (χ3v) is 6.86. The van der Waals surface area contributed by atoms with Crippen molar-refractivity contribution in [1.82, 2.24) is 9.88 Å². The molecular formula is C20H20N2OS2. The fourth-order valence-corrected chi connectivity index (χ4v) is 5.25. The molecule has 4 rings (SSSR count). The van der Waals surface area contributed by atoms with Crippen LogP contribution in [-0.2, 0) is 6.42 Å². The average molecular weight is 369 g/mol. The number of hydrogen-bond acceptors (Lipinski definition) is 4. The Labute approximate surface area is 156 Å². The van der Waals surface area contributed by atoms with E-state index in [9.17, 15) is 4.79 Å². The molecule has 1 fully saturated rings. The van der Waals surface area contributed by atoms with Gasteiger partial charge in [-0.05, 0) is 43.2 Å². The first-order valence-electron chi connectivity index (χ1n) is 8.58. The average Bonchev–Trinajstić information content (AvgIpc) is 3.35. The highest BCUT2D eigenvalue weighted by Crippen LogP contribution is 2.33. The first-order valence-corrected chi connectivity index (χ1v) is 10.3. The number of amides is 1.